The summed E-state index contributed by atoms with van der Waals surface area (Å²) in [4.78, 5) is 8.83. The Kier molecular flexibility index (Phi) is 9.82. The second-order valence-corrected chi connectivity index (χ2v) is 9.18. The van der Waals surface area contributed by atoms with Gasteiger partial charge in [-0.3, -0.25) is 0 Å². The maximum atomic E-state index is 11.7. The van der Waals surface area contributed by atoms with Crippen LogP contribution in [0.1, 0.15) is 25.8 Å². The molecule has 0 bridgehead atoms. The van der Waals surface area contributed by atoms with E-state index in [1.807, 2.05) is 50.2 Å². The lowest BCUT2D eigenvalue weighted by Gasteiger charge is -2.15. The van der Waals surface area contributed by atoms with Gasteiger partial charge in [-0.25, -0.2) is 18.4 Å². The smallest absolute Gasteiger partial charge is 0.219 e. The molecule has 1 aliphatic heterocycles. The summed E-state index contributed by atoms with van der Waals surface area (Å²) < 4.78 is 34.6. The summed E-state index contributed by atoms with van der Waals surface area (Å²) in [6.45, 7) is 5.63. The Morgan fingerprint density at radius 1 is 1.19 bits per heavy atom. The molecule has 31 heavy (non-hydrogen) atoms. The molecule has 0 aliphatic carbocycles. The van der Waals surface area contributed by atoms with Crippen molar-refractivity contribution in [3.05, 3.63) is 48.2 Å². The average Bonchev–Trinajstić information content (AvgIpc) is 3.07. The van der Waals surface area contributed by atoms with Crippen molar-refractivity contribution in [3.63, 3.8) is 0 Å². The highest BCUT2D eigenvalue weighted by molar-refractivity contribution is 14.0. The van der Waals surface area contributed by atoms with Gasteiger partial charge in [-0.15, -0.1) is 24.0 Å². The van der Waals surface area contributed by atoms with E-state index in [-0.39, 0.29) is 41.5 Å². The number of aromatic nitrogens is 1. The average molecular weight is 560 g/mol. The zero-order valence-corrected chi connectivity index (χ0v) is 20.9. The van der Waals surface area contributed by atoms with Gasteiger partial charge in [-0.1, -0.05) is 0 Å². The summed E-state index contributed by atoms with van der Waals surface area (Å²) in [5.41, 5.74) is 0.933. The van der Waals surface area contributed by atoms with E-state index >= 15 is 0 Å². The van der Waals surface area contributed by atoms with Gasteiger partial charge in [0.2, 0.25) is 5.88 Å². The molecule has 0 saturated carbocycles. The monoisotopic (exact) mass is 560 g/mol. The van der Waals surface area contributed by atoms with Crippen molar-refractivity contribution in [2.24, 2.45) is 4.99 Å². The molecule has 1 atom stereocenters. The van der Waals surface area contributed by atoms with Crippen LogP contribution >= 0.6 is 24.0 Å². The highest BCUT2D eigenvalue weighted by Crippen LogP contribution is 2.23. The van der Waals surface area contributed by atoms with E-state index in [0.29, 0.717) is 43.7 Å². The van der Waals surface area contributed by atoms with E-state index in [4.69, 9.17) is 9.47 Å². The van der Waals surface area contributed by atoms with E-state index < -0.39 is 9.84 Å². The molecule has 3 rings (SSSR count). The zero-order valence-electron chi connectivity index (χ0n) is 17.7. The standard InChI is InChI=1S/C21H28N4O4S.HI/c1-3-22-21(25-17-10-12-30(26,27)15-17)24-14-16-9-11-23-20(13-16)29-19-7-5-18(6-8-19)28-4-2;/h5-9,11,13,17H,3-4,10,12,14-15H2,1-2H3,(H2,22,24,25);1H. The third-order valence-corrected chi connectivity index (χ3v) is 6.26. The molecule has 1 fully saturated rings. The largest absolute Gasteiger partial charge is 0.494 e. The fourth-order valence-corrected chi connectivity index (χ4v) is 4.76. The van der Waals surface area contributed by atoms with Gasteiger partial charge < -0.3 is 20.1 Å². The predicted molar refractivity (Wildman–Crippen MR) is 132 cm³/mol. The molecule has 1 aromatic heterocycles. The summed E-state index contributed by atoms with van der Waals surface area (Å²) in [5.74, 6) is 2.91. The summed E-state index contributed by atoms with van der Waals surface area (Å²) in [6, 6.07) is 11.0. The Morgan fingerprint density at radius 2 is 1.94 bits per heavy atom. The first-order chi connectivity index (χ1) is 14.5. The molecule has 1 saturated heterocycles. The number of rotatable bonds is 8. The second-order valence-electron chi connectivity index (χ2n) is 6.95. The molecule has 2 N–H and O–H groups in total. The topological polar surface area (TPSA) is 102 Å². The van der Waals surface area contributed by atoms with Crippen LogP contribution in [0.4, 0.5) is 0 Å². The number of hydrogen-bond acceptors (Lipinski definition) is 6. The van der Waals surface area contributed by atoms with Crippen LogP contribution < -0.4 is 20.1 Å². The fourth-order valence-electron chi connectivity index (χ4n) is 3.09. The van der Waals surface area contributed by atoms with Gasteiger partial charge >= 0.3 is 0 Å². The fraction of sp³-hybridized carbons (Fsp3) is 0.429. The number of nitrogens with one attached hydrogen (secondary N) is 2. The van der Waals surface area contributed by atoms with E-state index in [9.17, 15) is 8.42 Å². The highest BCUT2D eigenvalue weighted by Gasteiger charge is 2.28. The minimum Gasteiger partial charge on any atom is -0.494 e. The summed E-state index contributed by atoms with van der Waals surface area (Å²) in [6.07, 6.45) is 2.28. The van der Waals surface area contributed by atoms with E-state index in [2.05, 4.69) is 20.6 Å². The Hall–Kier alpha value is -2.08. The van der Waals surface area contributed by atoms with Crippen LogP contribution in [0.25, 0.3) is 0 Å². The lowest BCUT2D eigenvalue weighted by molar-refractivity contribution is 0.339. The molecular formula is C21H29IN4O4S. The molecule has 1 aromatic carbocycles. The molecular weight excluding hydrogens is 531 g/mol. The Labute approximate surface area is 200 Å². The predicted octanol–water partition coefficient (Wildman–Crippen LogP) is 3.13. The first-order valence-electron chi connectivity index (χ1n) is 10.1. The lowest BCUT2D eigenvalue weighted by atomic mass is 10.2. The van der Waals surface area contributed by atoms with Gasteiger partial charge in [0.25, 0.3) is 0 Å². The van der Waals surface area contributed by atoms with Crippen LogP contribution in [0.5, 0.6) is 17.4 Å². The molecule has 8 nitrogen and oxygen atoms in total. The normalized spacial score (nSPS) is 17.5. The first kappa shape index (κ1) is 25.2. The van der Waals surface area contributed by atoms with E-state index in [0.717, 1.165) is 11.3 Å². The third kappa shape index (κ3) is 8.17. The molecule has 0 amide bonds. The Balaban J connectivity index is 0.00000341. The van der Waals surface area contributed by atoms with Gasteiger partial charge in [-0.2, -0.15) is 0 Å². The molecule has 0 spiro atoms. The summed E-state index contributed by atoms with van der Waals surface area (Å²) >= 11 is 0. The second kappa shape index (κ2) is 12.1. The van der Waals surface area contributed by atoms with Gasteiger partial charge in [0.05, 0.1) is 24.7 Å². The Morgan fingerprint density at radius 3 is 2.58 bits per heavy atom. The number of pyridine rings is 1. The summed E-state index contributed by atoms with van der Waals surface area (Å²) in [5, 5.41) is 6.38. The highest BCUT2D eigenvalue weighted by atomic mass is 127. The van der Waals surface area contributed by atoms with E-state index in [1.165, 1.54) is 0 Å². The Bertz CT molecular complexity index is 968. The number of ether oxygens (including phenoxy) is 2. The van der Waals surface area contributed by atoms with Crippen molar-refractivity contribution in [1.82, 2.24) is 15.6 Å². The van der Waals surface area contributed by atoms with Crippen LogP contribution in [0.3, 0.4) is 0 Å². The van der Waals surface area contributed by atoms with Gasteiger partial charge in [0.1, 0.15) is 11.5 Å². The number of aliphatic imine (C=N–C) groups is 1. The van der Waals surface area contributed by atoms with Gasteiger partial charge in [0, 0.05) is 24.8 Å². The third-order valence-electron chi connectivity index (χ3n) is 4.49. The number of guanidine groups is 1. The summed E-state index contributed by atoms with van der Waals surface area (Å²) in [7, 11) is -2.94. The number of sulfone groups is 1. The van der Waals surface area contributed by atoms with Crippen molar-refractivity contribution >= 4 is 39.8 Å². The molecule has 2 aromatic rings. The van der Waals surface area contributed by atoms with Crippen molar-refractivity contribution in [2.45, 2.75) is 32.9 Å². The van der Waals surface area contributed by atoms with Crippen LogP contribution in [-0.4, -0.2) is 50.1 Å². The molecule has 0 radical (unpaired) electrons. The van der Waals surface area contributed by atoms with Crippen LogP contribution in [0.15, 0.2) is 47.6 Å². The van der Waals surface area contributed by atoms with Crippen LogP contribution in [0.2, 0.25) is 0 Å². The van der Waals surface area contributed by atoms with Gasteiger partial charge in [-0.05, 0) is 56.2 Å². The zero-order chi connectivity index (χ0) is 21.4. The molecule has 170 valence electrons. The quantitative estimate of drug-likeness (QED) is 0.291. The van der Waals surface area contributed by atoms with Crippen molar-refractivity contribution in [2.75, 3.05) is 24.7 Å². The first-order valence-corrected chi connectivity index (χ1v) is 11.9. The number of halogens is 1. The molecule has 2 heterocycles. The van der Waals surface area contributed by atoms with Crippen LogP contribution in [-0.2, 0) is 16.4 Å². The molecule has 10 heteroatoms. The van der Waals surface area contributed by atoms with Crippen molar-refractivity contribution in [3.8, 4) is 17.4 Å². The number of nitrogens with zero attached hydrogens (tertiary/aromatic N) is 2. The maximum Gasteiger partial charge on any atom is 0.219 e. The van der Waals surface area contributed by atoms with Crippen molar-refractivity contribution in [1.29, 1.82) is 0 Å². The molecule has 1 unspecified atom stereocenters. The van der Waals surface area contributed by atoms with Crippen molar-refractivity contribution < 1.29 is 17.9 Å². The SMILES string of the molecule is CCNC(=NCc1ccnc(Oc2ccc(OCC)cc2)c1)NC1CCS(=O)(=O)C1.I. The maximum absolute atomic E-state index is 11.7. The van der Waals surface area contributed by atoms with Gasteiger partial charge in [0.15, 0.2) is 15.8 Å². The number of hydrogen-bond donors (Lipinski definition) is 2. The van der Waals surface area contributed by atoms with E-state index in [1.54, 1.807) is 6.20 Å². The number of benzene rings is 1. The minimum atomic E-state index is -2.94. The lowest BCUT2D eigenvalue weighted by Crippen LogP contribution is -2.44. The molecule has 1 aliphatic rings. The minimum absolute atomic E-state index is 0. The van der Waals surface area contributed by atoms with Crippen LogP contribution in [0, 0.1) is 0 Å².